The van der Waals surface area contributed by atoms with Gasteiger partial charge in [-0.05, 0) is 17.9 Å². The lowest BCUT2D eigenvalue weighted by atomic mass is 10.0. The summed E-state index contributed by atoms with van der Waals surface area (Å²) in [4.78, 5) is 9.98. The van der Waals surface area contributed by atoms with Crippen molar-refractivity contribution in [1.82, 2.24) is 0 Å². The first kappa shape index (κ1) is 7.74. The number of carbonyl (C=O) groups is 1. The molecule has 0 radical (unpaired) electrons. The van der Waals surface area contributed by atoms with Crippen molar-refractivity contribution < 1.29 is 9.53 Å². The molecule has 0 aliphatic heterocycles. The van der Waals surface area contributed by atoms with Gasteiger partial charge in [-0.3, -0.25) is 0 Å². The zero-order valence-electron chi connectivity index (χ0n) is 6.90. The summed E-state index contributed by atoms with van der Waals surface area (Å²) in [5, 5.41) is 0. The molecular formula is C10H12O2. The lowest BCUT2D eigenvalue weighted by Gasteiger charge is -2.08. The van der Waals surface area contributed by atoms with Crippen LogP contribution >= 0.6 is 0 Å². The van der Waals surface area contributed by atoms with Crippen LogP contribution in [-0.2, 0) is 9.53 Å². The lowest BCUT2D eigenvalue weighted by Crippen LogP contribution is -2.04. The first-order valence-electron chi connectivity index (χ1n) is 4.30. The van der Waals surface area contributed by atoms with Crippen molar-refractivity contribution in [1.29, 1.82) is 0 Å². The van der Waals surface area contributed by atoms with E-state index in [4.69, 9.17) is 4.74 Å². The highest BCUT2D eigenvalue weighted by atomic mass is 16.5. The number of carbonyl (C=O) groups excluding carboxylic acids is 1. The molecule has 12 heavy (non-hydrogen) atoms. The fourth-order valence-corrected chi connectivity index (χ4v) is 1.90. The van der Waals surface area contributed by atoms with E-state index in [1.54, 1.807) is 0 Å². The molecule has 0 aromatic heterocycles. The molecular weight excluding hydrogens is 152 g/mol. The van der Waals surface area contributed by atoms with Gasteiger partial charge in [0.15, 0.2) is 0 Å². The van der Waals surface area contributed by atoms with Gasteiger partial charge in [-0.15, -0.1) is 0 Å². The smallest absolute Gasteiger partial charge is 0.145 e. The second-order valence-corrected chi connectivity index (χ2v) is 3.31. The van der Waals surface area contributed by atoms with Gasteiger partial charge >= 0.3 is 0 Å². The van der Waals surface area contributed by atoms with Gasteiger partial charge in [0.25, 0.3) is 0 Å². The van der Waals surface area contributed by atoms with Crippen molar-refractivity contribution in [3.05, 3.63) is 23.8 Å². The van der Waals surface area contributed by atoms with Gasteiger partial charge in [-0.1, -0.05) is 18.2 Å². The third kappa shape index (κ3) is 1.34. The third-order valence-electron chi connectivity index (χ3n) is 2.48. The predicted molar refractivity (Wildman–Crippen MR) is 45.7 cm³/mol. The number of allylic oxidation sites excluding steroid dienone is 3. The van der Waals surface area contributed by atoms with E-state index in [1.807, 2.05) is 0 Å². The molecule has 0 aromatic rings. The predicted octanol–water partition coefficient (Wildman–Crippen LogP) is 1.33. The summed E-state index contributed by atoms with van der Waals surface area (Å²) in [6, 6.07) is 0. The Balaban J connectivity index is 1.83. The maximum absolute atomic E-state index is 9.98. The van der Waals surface area contributed by atoms with Crippen LogP contribution in [0.2, 0.25) is 0 Å². The van der Waals surface area contributed by atoms with Crippen LogP contribution in [0.15, 0.2) is 23.8 Å². The summed E-state index contributed by atoms with van der Waals surface area (Å²) in [5.74, 6) is 1.24. The van der Waals surface area contributed by atoms with Gasteiger partial charge < -0.3 is 9.53 Å². The summed E-state index contributed by atoms with van der Waals surface area (Å²) in [7, 11) is 0. The minimum Gasteiger partial charge on any atom is -0.370 e. The Morgan fingerprint density at radius 1 is 1.58 bits per heavy atom. The van der Waals surface area contributed by atoms with Crippen LogP contribution < -0.4 is 0 Å². The zero-order chi connectivity index (χ0) is 8.39. The molecule has 0 unspecified atom stereocenters. The zero-order valence-corrected chi connectivity index (χ0v) is 6.90. The first-order valence-corrected chi connectivity index (χ1v) is 4.30. The van der Waals surface area contributed by atoms with Gasteiger partial charge in [0, 0.05) is 5.92 Å². The van der Waals surface area contributed by atoms with E-state index in [0.717, 1.165) is 6.29 Å². The van der Waals surface area contributed by atoms with Crippen molar-refractivity contribution in [2.24, 2.45) is 11.8 Å². The number of hydrogen-bond donors (Lipinski definition) is 0. The largest absolute Gasteiger partial charge is 0.370 e. The van der Waals surface area contributed by atoms with E-state index in [2.05, 4.69) is 18.2 Å². The van der Waals surface area contributed by atoms with E-state index >= 15 is 0 Å². The number of rotatable bonds is 4. The van der Waals surface area contributed by atoms with Crippen LogP contribution in [0.25, 0.3) is 0 Å². The molecule has 2 bridgehead atoms. The molecule has 2 heteroatoms. The van der Waals surface area contributed by atoms with E-state index in [1.165, 1.54) is 12.0 Å². The van der Waals surface area contributed by atoms with Crippen molar-refractivity contribution >= 4 is 6.29 Å². The van der Waals surface area contributed by atoms with Gasteiger partial charge in [0.2, 0.25) is 0 Å². The highest BCUT2D eigenvalue weighted by Gasteiger charge is 2.27. The third-order valence-corrected chi connectivity index (χ3v) is 2.48. The fourth-order valence-electron chi connectivity index (χ4n) is 1.90. The van der Waals surface area contributed by atoms with E-state index < -0.39 is 0 Å². The Hall–Kier alpha value is -0.890. The molecule has 0 aromatic carbocycles. The second kappa shape index (κ2) is 3.23. The first-order chi connectivity index (χ1) is 5.90. The maximum Gasteiger partial charge on any atom is 0.145 e. The molecule has 64 valence electrons. The standard InChI is InChI=1S/C10H12O2/c11-3-4-12-7-10-6-8-1-2-9(10)5-8/h1-3,6,8-9H,4-5,7H2/t8-,9+/m0/s1. The Labute approximate surface area is 71.9 Å². The summed E-state index contributed by atoms with van der Waals surface area (Å²) < 4.78 is 5.15. The lowest BCUT2D eigenvalue weighted by molar-refractivity contribution is -0.111. The van der Waals surface area contributed by atoms with Gasteiger partial charge in [-0.25, -0.2) is 0 Å². The Morgan fingerprint density at radius 3 is 3.08 bits per heavy atom. The van der Waals surface area contributed by atoms with Crippen LogP contribution in [-0.4, -0.2) is 19.5 Å². The maximum atomic E-state index is 9.98. The molecule has 0 heterocycles. The average molecular weight is 164 g/mol. The molecule has 0 amide bonds. The van der Waals surface area contributed by atoms with Crippen molar-refractivity contribution in [3.63, 3.8) is 0 Å². The molecule has 2 rings (SSSR count). The normalized spacial score (nSPS) is 30.8. The number of fused-ring (bicyclic) bond motifs is 2. The fraction of sp³-hybridized carbons (Fsp3) is 0.500. The molecule has 0 fully saturated rings. The minimum absolute atomic E-state index is 0.221. The summed E-state index contributed by atoms with van der Waals surface area (Å²) in [6.07, 6.45) is 8.76. The Bertz CT molecular complexity index is 240. The van der Waals surface area contributed by atoms with E-state index in [0.29, 0.717) is 18.4 Å². The molecule has 0 saturated heterocycles. The van der Waals surface area contributed by atoms with Crippen molar-refractivity contribution in [2.75, 3.05) is 13.2 Å². The summed E-state index contributed by atoms with van der Waals surface area (Å²) in [5.41, 5.74) is 1.35. The Morgan fingerprint density at radius 2 is 2.50 bits per heavy atom. The molecule has 0 N–H and O–H groups in total. The molecule has 2 aliphatic rings. The number of hydrogen-bond acceptors (Lipinski definition) is 2. The van der Waals surface area contributed by atoms with E-state index in [9.17, 15) is 4.79 Å². The minimum atomic E-state index is 0.221. The monoisotopic (exact) mass is 164 g/mol. The molecule has 2 aliphatic carbocycles. The summed E-state index contributed by atoms with van der Waals surface area (Å²) >= 11 is 0. The average Bonchev–Trinajstić information content (AvgIpc) is 2.65. The van der Waals surface area contributed by atoms with Crippen molar-refractivity contribution in [3.8, 4) is 0 Å². The highest BCUT2D eigenvalue weighted by Crippen LogP contribution is 2.37. The van der Waals surface area contributed by atoms with Crippen LogP contribution in [0.5, 0.6) is 0 Å². The molecule has 0 saturated carbocycles. The summed E-state index contributed by atoms with van der Waals surface area (Å²) in [6.45, 7) is 0.850. The van der Waals surface area contributed by atoms with Crippen LogP contribution in [0.4, 0.5) is 0 Å². The van der Waals surface area contributed by atoms with Crippen molar-refractivity contribution in [2.45, 2.75) is 6.42 Å². The van der Waals surface area contributed by atoms with Crippen LogP contribution in [0, 0.1) is 11.8 Å². The SMILES string of the molecule is O=CCOCC1=C[C@H]2C=C[C@@H]1C2. The van der Waals surface area contributed by atoms with Gasteiger partial charge in [-0.2, -0.15) is 0 Å². The quantitative estimate of drug-likeness (QED) is 0.356. The topological polar surface area (TPSA) is 26.3 Å². The Kier molecular flexibility index (Phi) is 2.09. The molecule has 0 spiro atoms. The van der Waals surface area contributed by atoms with Gasteiger partial charge in [0.05, 0.1) is 6.61 Å². The van der Waals surface area contributed by atoms with Gasteiger partial charge in [0.1, 0.15) is 12.9 Å². The number of ether oxygens (including phenoxy) is 1. The molecule has 2 nitrogen and oxygen atoms in total. The van der Waals surface area contributed by atoms with Crippen LogP contribution in [0.1, 0.15) is 6.42 Å². The van der Waals surface area contributed by atoms with E-state index in [-0.39, 0.29) is 6.61 Å². The molecule has 2 atom stereocenters. The van der Waals surface area contributed by atoms with Crippen LogP contribution in [0.3, 0.4) is 0 Å². The number of aldehydes is 1. The highest BCUT2D eigenvalue weighted by molar-refractivity contribution is 5.50. The second-order valence-electron chi connectivity index (χ2n) is 3.31.